The van der Waals surface area contributed by atoms with Crippen molar-refractivity contribution in [1.29, 1.82) is 0 Å². The summed E-state index contributed by atoms with van der Waals surface area (Å²) in [7, 11) is 0. The van der Waals surface area contributed by atoms with E-state index >= 15 is 0 Å². The minimum Gasteiger partial charge on any atom is -0.325 e. The Balaban J connectivity index is 1.63. The molecule has 1 heterocycles. The van der Waals surface area contributed by atoms with Gasteiger partial charge in [-0.25, -0.2) is 0 Å². The smallest absolute Gasteiger partial charge is 0.255 e. The lowest BCUT2D eigenvalue weighted by molar-refractivity contribution is -0.117. The fraction of sp³-hybridized carbons (Fsp3) is 0.364. The molecule has 3 rings (SSSR count). The van der Waals surface area contributed by atoms with E-state index in [1.54, 1.807) is 30.3 Å². The number of rotatable bonds is 5. The van der Waals surface area contributed by atoms with Crippen molar-refractivity contribution in [2.75, 3.05) is 30.3 Å². The van der Waals surface area contributed by atoms with Crippen molar-refractivity contribution >= 4 is 34.8 Å². The van der Waals surface area contributed by atoms with Gasteiger partial charge in [0.05, 0.1) is 17.3 Å². The summed E-state index contributed by atoms with van der Waals surface area (Å²) in [6.45, 7) is 6.46. The maximum absolute atomic E-state index is 12.4. The number of hydrogen-bond acceptors (Lipinski definition) is 3. The van der Waals surface area contributed by atoms with E-state index in [1.807, 2.05) is 19.1 Å². The summed E-state index contributed by atoms with van der Waals surface area (Å²) < 4.78 is 0. The van der Waals surface area contributed by atoms with Gasteiger partial charge in [-0.05, 0) is 62.6 Å². The Bertz CT molecular complexity index is 851. The number of benzene rings is 2. The van der Waals surface area contributed by atoms with E-state index in [9.17, 15) is 9.59 Å². The quantitative estimate of drug-likeness (QED) is 0.774. The van der Waals surface area contributed by atoms with E-state index < -0.39 is 0 Å². The number of amides is 2. The zero-order valence-corrected chi connectivity index (χ0v) is 17.1. The number of halogens is 1. The molecule has 2 aromatic rings. The third-order valence-corrected chi connectivity index (χ3v) is 5.25. The third-order valence-electron chi connectivity index (χ3n) is 4.92. The van der Waals surface area contributed by atoms with Crippen LogP contribution in [0.15, 0.2) is 42.5 Å². The summed E-state index contributed by atoms with van der Waals surface area (Å²) >= 11 is 6.23. The second-order valence-electron chi connectivity index (χ2n) is 7.55. The van der Waals surface area contributed by atoms with Gasteiger partial charge >= 0.3 is 0 Å². The number of carbonyl (C=O) groups is 2. The zero-order valence-electron chi connectivity index (χ0n) is 16.3. The number of nitrogens with one attached hydrogen (secondary N) is 2. The van der Waals surface area contributed by atoms with E-state index in [-0.39, 0.29) is 11.8 Å². The molecule has 0 aromatic heterocycles. The number of piperidine rings is 1. The number of aryl methyl sites for hydroxylation is 1. The highest BCUT2D eigenvalue weighted by Gasteiger charge is 2.18. The highest BCUT2D eigenvalue weighted by atomic mass is 35.5. The number of carbonyl (C=O) groups excluding carboxylic acids is 2. The summed E-state index contributed by atoms with van der Waals surface area (Å²) in [6, 6.07) is 12.4. The highest BCUT2D eigenvalue weighted by Crippen LogP contribution is 2.26. The van der Waals surface area contributed by atoms with Crippen molar-refractivity contribution in [3.63, 3.8) is 0 Å². The van der Waals surface area contributed by atoms with Crippen LogP contribution in [0.25, 0.3) is 0 Å². The molecule has 2 aromatic carbocycles. The van der Waals surface area contributed by atoms with Gasteiger partial charge < -0.3 is 10.6 Å². The van der Waals surface area contributed by atoms with E-state index in [1.165, 1.54) is 6.42 Å². The Kier molecular flexibility index (Phi) is 6.70. The van der Waals surface area contributed by atoms with Crippen LogP contribution < -0.4 is 10.6 Å². The van der Waals surface area contributed by atoms with Crippen LogP contribution >= 0.6 is 11.6 Å². The molecule has 0 aliphatic carbocycles. The lowest BCUT2D eigenvalue weighted by atomic mass is 10.0. The maximum atomic E-state index is 12.4. The molecule has 148 valence electrons. The second kappa shape index (κ2) is 9.22. The van der Waals surface area contributed by atoms with E-state index in [0.717, 1.165) is 25.1 Å². The minimum atomic E-state index is -0.243. The molecule has 28 heavy (non-hydrogen) atoms. The molecule has 0 spiro atoms. The summed E-state index contributed by atoms with van der Waals surface area (Å²) in [5.41, 5.74) is 2.72. The molecule has 0 bridgehead atoms. The molecule has 5 nitrogen and oxygen atoms in total. The molecule has 2 N–H and O–H groups in total. The Morgan fingerprint density at radius 3 is 2.61 bits per heavy atom. The van der Waals surface area contributed by atoms with Crippen molar-refractivity contribution in [2.24, 2.45) is 5.92 Å². The van der Waals surface area contributed by atoms with Crippen LogP contribution in [-0.2, 0) is 4.79 Å². The minimum absolute atomic E-state index is 0.0627. The monoisotopic (exact) mass is 399 g/mol. The van der Waals surface area contributed by atoms with Crippen molar-refractivity contribution in [3.8, 4) is 0 Å². The number of likely N-dealkylation sites (tertiary alicyclic amines) is 1. The standard InChI is InChI=1S/C22H26ClN3O2/c1-15-5-7-17(8-6-15)22(28)25-20-12-18(9-10-19(20)23)24-21(27)14-26-11-3-4-16(2)13-26/h5-10,12,16H,3-4,11,13-14H2,1-2H3,(H,24,27)(H,25,28). The van der Waals surface area contributed by atoms with Crippen molar-refractivity contribution in [3.05, 3.63) is 58.6 Å². The number of nitrogens with zero attached hydrogens (tertiary/aromatic N) is 1. The fourth-order valence-corrected chi connectivity index (χ4v) is 3.60. The molecule has 6 heteroatoms. The summed E-state index contributed by atoms with van der Waals surface area (Å²) in [4.78, 5) is 27.0. The van der Waals surface area contributed by atoms with Crippen molar-refractivity contribution < 1.29 is 9.59 Å². The normalized spacial score (nSPS) is 17.2. The van der Waals surface area contributed by atoms with Gasteiger partial charge in [0, 0.05) is 17.8 Å². The van der Waals surface area contributed by atoms with Crippen LogP contribution in [0.3, 0.4) is 0 Å². The molecule has 1 fully saturated rings. The first-order valence-corrected chi connectivity index (χ1v) is 9.98. The lowest BCUT2D eigenvalue weighted by Crippen LogP contribution is -2.39. The second-order valence-corrected chi connectivity index (χ2v) is 7.95. The van der Waals surface area contributed by atoms with Gasteiger partial charge in [0.2, 0.25) is 5.91 Å². The SMILES string of the molecule is Cc1ccc(C(=O)Nc2cc(NC(=O)CN3CCCC(C)C3)ccc2Cl)cc1. The van der Waals surface area contributed by atoms with Crippen molar-refractivity contribution in [1.82, 2.24) is 4.90 Å². The molecule has 1 saturated heterocycles. The number of anilines is 2. The summed E-state index contributed by atoms with van der Waals surface area (Å²) in [5, 5.41) is 6.14. The first-order chi connectivity index (χ1) is 13.4. The molecule has 1 aliphatic rings. The molecule has 1 unspecified atom stereocenters. The Hall–Kier alpha value is -2.37. The molecule has 2 amide bonds. The molecular weight excluding hydrogens is 374 g/mol. The van der Waals surface area contributed by atoms with Gasteiger partial charge in [-0.1, -0.05) is 36.2 Å². The predicted molar refractivity (Wildman–Crippen MR) is 114 cm³/mol. The van der Waals surface area contributed by atoms with Gasteiger partial charge in [0.1, 0.15) is 0 Å². The molecule has 0 radical (unpaired) electrons. The first-order valence-electron chi connectivity index (χ1n) is 9.60. The first kappa shape index (κ1) is 20.4. The summed E-state index contributed by atoms with van der Waals surface area (Å²) in [5.74, 6) is 0.320. The van der Waals surface area contributed by atoms with Crippen LogP contribution in [0.5, 0.6) is 0 Å². The van der Waals surface area contributed by atoms with E-state index in [2.05, 4.69) is 22.5 Å². The lowest BCUT2D eigenvalue weighted by Gasteiger charge is -2.30. The fourth-order valence-electron chi connectivity index (χ4n) is 3.43. The molecule has 0 saturated carbocycles. The van der Waals surface area contributed by atoms with Gasteiger partial charge in [0.15, 0.2) is 0 Å². The zero-order chi connectivity index (χ0) is 20.1. The summed E-state index contributed by atoms with van der Waals surface area (Å²) in [6.07, 6.45) is 2.35. The maximum Gasteiger partial charge on any atom is 0.255 e. The Morgan fingerprint density at radius 1 is 1.14 bits per heavy atom. The van der Waals surface area contributed by atoms with Crippen LogP contribution in [-0.4, -0.2) is 36.3 Å². The highest BCUT2D eigenvalue weighted by molar-refractivity contribution is 6.34. The average molecular weight is 400 g/mol. The van der Waals surface area contributed by atoms with E-state index in [0.29, 0.717) is 34.4 Å². The van der Waals surface area contributed by atoms with Crippen LogP contribution in [0.2, 0.25) is 5.02 Å². The average Bonchev–Trinajstić information content (AvgIpc) is 2.65. The van der Waals surface area contributed by atoms with Crippen LogP contribution in [0.4, 0.5) is 11.4 Å². The third kappa shape index (κ3) is 5.57. The Morgan fingerprint density at radius 2 is 1.89 bits per heavy atom. The molecular formula is C22H26ClN3O2. The Labute approximate surface area is 171 Å². The van der Waals surface area contributed by atoms with Gasteiger partial charge in [0.25, 0.3) is 5.91 Å². The van der Waals surface area contributed by atoms with Gasteiger partial charge in [-0.15, -0.1) is 0 Å². The van der Waals surface area contributed by atoms with Gasteiger partial charge in [-0.2, -0.15) is 0 Å². The predicted octanol–water partition coefficient (Wildman–Crippen LogP) is 4.57. The largest absolute Gasteiger partial charge is 0.325 e. The van der Waals surface area contributed by atoms with Crippen molar-refractivity contribution in [2.45, 2.75) is 26.7 Å². The topological polar surface area (TPSA) is 61.4 Å². The number of hydrogen-bond donors (Lipinski definition) is 2. The van der Waals surface area contributed by atoms with Gasteiger partial charge in [-0.3, -0.25) is 14.5 Å². The molecule has 1 aliphatic heterocycles. The molecule has 1 atom stereocenters. The van der Waals surface area contributed by atoms with Crippen LogP contribution in [0, 0.1) is 12.8 Å². The van der Waals surface area contributed by atoms with Crippen LogP contribution in [0.1, 0.15) is 35.7 Å². The van der Waals surface area contributed by atoms with E-state index in [4.69, 9.17) is 11.6 Å².